The van der Waals surface area contributed by atoms with Crippen LogP contribution < -0.4 is 10.1 Å². The van der Waals surface area contributed by atoms with Crippen molar-refractivity contribution >= 4 is 5.91 Å². The smallest absolute Gasteiger partial charge is 0.219 e. The molecular formula is C15H19NO3. The number of nitrogens with one attached hydrogen (secondary N) is 1. The largest absolute Gasteiger partial charge is 0.464 e. The van der Waals surface area contributed by atoms with E-state index in [1.807, 2.05) is 19.1 Å². The van der Waals surface area contributed by atoms with Crippen LogP contribution in [0.5, 0.6) is 5.75 Å². The van der Waals surface area contributed by atoms with Gasteiger partial charge in [0, 0.05) is 24.9 Å². The van der Waals surface area contributed by atoms with Crippen LogP contribution in [0.4, 0.5) is 0 Å². The minimum Gasteiger partial charge on any atom is -0.464 e. The van der Waals surface area contributed by atoms with Crippen LogP contribution >= 0.6 is 0 Å². The molecule has 2 N–H and O–H groups in total. The molecule has 0 bridgehead atoms. The van der Waals surface area contributed by atoms with E-state index >= 15 is 0 Å². The SMILES string of the molecule is CCC(=O)NCC1CC1c1cccc2c1CC(O)O2. The van der Waals surface area contributed by atoms with Crippen molar-refractivity contribution in [3.05, 3.63) is 29.3 Å². The van der Waals surface area contributed by atoms with Crippen LogP contribution in [-0.2, 0) is 11.2 Å². The van der Waals surface area contributed by atoms with E-state index in [2.05, 4.69) is 11.4 Å². The van der Waals surface area contributed by atoms with Gasteiger partial charge in [-0.1, -0.05) is 19.1 Å². The number of carbonyl (C=O) groups is 1. The van der Waals surface area contributed by atoms with Gasteiger partial charge in [-0.3, -0.25) is 4.79 Å². The summed E-state index contributed by atoms with van der Waals surface area (Å²) in [7, 11) is 0. The molecule has 1 aliphatic carbocycles. The minimum atomic E-state index is -0.701. The second-order valence-electron chi connectivity index (χ2n) is 5.36. The summed E-state index contributed by atoms with van der Waals surface area (Å²) in [5.74, 6) is 1.96. The van der Waals surface area contributed by atoms with Gasteiger partial charge >= 0.3 is 0 Å². The summed E-state index contributed by atoms with van der Waals surface area (Å²) < 4.78 is 5.36. The van der Waals surface area contributed by atoms with Crippen molar-refractivity contribution in [3.63, 3.8) is 0 Å². The Labute approximate surface area is 112 Å². The highest BCUT2D eigenvalue weighted by Gasteiger charge is 2.41. The van der Waals surface area contributed by atoms with Gasteiger partial charge in [0.25, 0.3) is 0 Å². The molecule has 4 nitrogen and oxygen atoms in total. The lowest BCUT2D eigenvalue weighted by atomic mass is 10.00. The number of hydrogen-bond donors (Lipinski definition) is 2. The molecule has 2 aliphatic rings. The van der Waals surface area contributed by atoms with Crippen molar-refractivity contribution in [1.82, 2.24) is 5.32 Å². The summed E-state index contributed by atoms with van der Waals surface area (Å²) in [5, 5.41) is 12.5. The standard InChI is InChI=1S/C15H19NO3/c1-2-14(17)16-8-9-6-11(9)10-4-3-5-13-12(10)7-15(18)19-13/h3-5,9,11,15,18H,2,6-8H2,1H3,(H,16,17). The van der Waals surface area contributed by atoms with E-state index in [-0.39, 0.29) is 5.91 Å². The first-order chi connectivity index (χ1) is 9.19. The third-order valence-corrected chi connectivity index (χ3v) is 4.02. The molecule has 3 rings (SSSR count). The van der Waals surface area contributed by atoms with Crippen molar-refractivity contribution < 1.29 is 14.6 Å². The Bertz CT molecular complexity index is 500. The highest BCUT2D eigenvalue weighted by Crippen LogP contribution is 2.50. The zero-order chi connectivity index (χ0) is 13.4. The zero-order valence-electron chi connectivity index (χ0n) is 11.1. The molecule has 1 saturated carbocycles. The molecular weight excluding hydrogens is 242 g/mol. The molecule has 19 heavy (non-hydrogen) atoms. The highest BCUT2D eigenvalue weighted by molar-refractivity contribution is 5.75. The van der Waals surface area contributed by atoms with Gasteiger partial charge in [0.15, 0.2) is 0 Å². The van der Waals surface area contributed by atoms with Gasteiger partial charge in [-0.2, -0.15) is 0 Å². The van der Waals surface area contributed by atoms with E-state index in [4.69, 9.17) is 4.74 Å². The van der Waals surface area contributed by atoms with Gasteiger partial charge in [0.2, 0.25) is 12.2 Å². The molecule has 1 heterocycles. The topological polar surface area (TPSA) is 58.6 Å². The molecule has 4 heteroatoms. The van der Waals surface area contributed by atoms with Crippen molar-refractivity contribution in [2.75, 3.05) is 6.54 Å². The van der Waals surface area contributed by atoms with E-state index in [9.17, 15) is 9.90 Å². The van der Waals surface area contributed by atoms with E-state index in [0.717, 1.165) is 24.3 Å². The third kappa shape index (κ3) is 2.45. The third-order valence-electron chi connectivity index (χ3n) is 4.02. The van der Waals surface area contributed by atoms with Gasteiger partial charge in [0.1, 0.15) is 5.75 Å². The number of fused-ring (bicyclic) bond motifs is 1. The molecule has 3 atom stereocenters. The Morgan fingerprint density at radius 2 is 2.37 bits per heavy atom. The van der Waals surface area contributed by atoms with Crippen LogP contribution in [0.3, 0.4) is 0 Å². The second kappa shape index (κ2) is 4.85. The fraction of sp³-hybridized carbons (Fsp3) is 0.533. The maximum absolute atomic E-state index is 11.3. The van der Waals surface area contributed by atoms with Crippen LogP contribution in [-0.4, -0.2) is 23.8 Å². The van der Waals surface area contributed by atoms with E-state index in [1.54, 1.807) is 0 Å². The van der Waals surface area contributed by atoms with Crippen LogP contribution in [0.2, 0.25) is 0 Å². The van der Waals surface area contributed by atoms with Crippen molar-refractivity contribution in [2.45, 2.75) is 38.4 Å². The summed E-state index contributed by atoms with van der Waals surface area (Å²) in [6.45, 7) is 2.62. The molecule has 1 aromatic rings. The van der Waals surface area contributed by atoms with E-state index in [0.29, 0.717) is 24.7 Å². The summed E-state index contributed by atoms with van der Waals surface area (Å²) in [6.07, 6.45) is 1.53. The summed E-state index contributed by atoms with van der Waals surface area (Å²) >= 11 is 0. The molecule has 0 spiro atoms. The Hall–Kier alpha value is -1.55. The molecule has 1 fully saturated rings. The second-order valence-corrected chi connectivity index (χ2v) is 5.36. The minimum absolute atomic E-state index is 0.114. The molecule has 1 amide bonds. The molecule has 0 saturated heterocycles. The first-order valence-electron chi connectivity index (χ1n) is 6.92. The van der Waals surface area contributed by atoms with E-state index < -0.39 is 6.29 Å². The first kappa shape index (κ1) is 12.5. The van der Waals surface area contributed by atoms with Gasteiger partial charge in [0.05, 0.1) is 0 Å². The Kier molecular flexibility index (Phi) is 3.19. The lowest BCUT2D eigenvalue weighted by Gasteiger charge is -2.07. The van der Waals surface area contributed by atoms with Crippen LogP contribution in [0.15, 0.2) is 18.2 Å². The fourth-order valence-corrected chi connectivity index (χ4v) is 2.85. The van der Waals surface area contributed by atoms with Crippen LogP contribution in [0.25, 0.3) is 0 Å². The van der Waals surface area contributed by atoms with Crippen molar-refractivity contribution in [1.29, 1.82) is 0 Å². The quantitative estimate of drug-likeness (QED) is 0.865. The Morgan fingerprint density at radius 1 is 1.53 bits per heavy atom. The average Bonchev–Trinajstić information content (AvgIpc) is 3.07. The molecule has 0 aromatic heterocycles. The first-order valence-corrected chi connectivity index (χ1v) is 6.92. The number of carbonyl (C=O) groups excluding carboxylic acids is 1. The maximum Gasteiger partial charge on any atom is 0.219 e. The van der Waals surface area contributed by atoms with Crippen molar-refractivity contribution in [3.8, 4) is 5.75 Å². The molecule has 0 radical (unpaired) electrons. The highest BCUT2D eigenvalue weighted by atomic mass is 16.6. The molecule has 1 aliphatic heterocycles. The van der Waals surface area contributed by atoms with Gasteiger partial charge in [-0.15, -0.1) is 0 Å². The van der Waals surface area contributed by atoms with E-state index in [1.165, 1.54) is 5.56 Å². The van der Waals surface area contributed by atoms with Crippen LogP contribution in [0, 0.1) is 5.92 Å². The number of amides is 1. The average molecular weight is 261 g/mol. The number of aliphatic hydroxyl groups is 1. The predicted octanol–water partition coefficient (Wildman–Crippen LogP) is 1.57. The zero-order valence-corrected chi connectivity index (χ0v) is 11.1. The number of hydrogen-bond acceptors (Lipinski definition) is 3. The molecule has 102 valence electrons. The lowest BCUT2D eigenvalue weighted by Crippen LogP contribution is -2.24. The lowest BCUT2D eigenvalue weighted by molar-refractivity contribution is -0.120. The molecule has 3 unspecified atom stereocenters. The predicted molar refractivity (Wildman–Crippen MR) is 70.9 cm³/mol. The summed E-state index contributed by atoms with van der Waals surface area (Å²) in [6, 6.07) is 6.00. The number of rotatable bonds is 4. The normalized spacial score (nSPS) is 27.6. The van der Waals surface area contributed by atoms with Gasteiger partial charge in [-0.05, 0) is 29.9 Å². The van der Waals surface area contributed by atoms with Crippen molar-refractivity contribution in [2.24, 2.45) is 5.92 Å². The molecule has 1 aromatic carbocycles. The Morgan fingerprint density at radius 3 is 3.16 bits per heavy atom. The number of ether oxygens (including phenoxy) is 1. The maximum atomic E-state index is 11.3. The van der Waals surface area contributed by atoms with Crippen LogP contribution in [0.1, 0.15) is 36.8 Å². The summed E-state index contributed by atoms with van der Waals surface area (Å²) in [4.78, 5) is 11.3. The summed E-state index contributed by atoms with van der Waals surface area (Å²) in [5.41, 5.74) is 2.43. The Balaban J connectivity index is 1.66. The fourth-order valence-electron chi connectivity index (χ4n) is 2.85. The number of benzene rings is 1. The van der Waals surface area contributed by atoms with Gasteiger partial charge in [-0.25, -0.2) is 0 Å². The van der Waals surface area contributed by atoms with Gasteiger partial charge < -0.3 is 15.2 Å². The number of aliphatic hydroxyl groups excluding tert-OH is 1. The monoisotopic (exact) mass is 261 g/mol.